The highest BCUT2D eigenvalue weighted by Gasteiger charge is 2.21. The molecule has 0 bridgehead atoms. The van der Waals surface area contributed by atoms with Crippen LogP contribution in [0.25, 0.3) is 6.08 Å². The molecule has 1 heterocycles. The Labute approximate surface area is 140 Å². The Balaban J connectivity index is 1.90. The van der Waals surface area contributed by atoms with Crippen molar-refractivity contribution in [3.8, 4) is 0 Å². The van der Waals surface area contributed by atoms with Crippen LogP contribution in [0.2, 0.25) is 0 Å². The van der Waals surface area contributed by atoms with Crippen molar-refractivity contribution in [2.24, 2.45) is 4.99 Å². The van der Waals surface area contributed by atoms with Gasteiger partial charge in [0.2, 0.25) is 0 Å². The summed E-state index contributed by atoms with van der Waals surface area (Å²) in [6, 6.07) is 11.4. The number of nitro groups is 2. The molecule has 0 radical (unpaired) electrons. The Morgan fingerprint density at radius 2 is 1.64 bits per heavy atom. The van der Waals surface area contributed by atoms with Crippen LogP contribution in [0.15, 0.2) is 59.2 Å². The number of nitrogens with one attached hydrogen (secondary N) is 1. The SMILES string of the molecule is O=C1NC(c2ccc([N+](=O)[O-])cc2)=N/C1=C/c1cccc([N+](=O)[O-])c1. The lowest BCUT2D eigenvalue weighted by atomic mass is 10.1. The molecule has 1 amide bonds. The molecule has 0 aromatic heterocycles. The lowest BCUT2D eigenvalue weighted by Crippen LogP contribution is -2.24. The molecule has 1 aliphatic rings. The summed E-state index contributed by atoms with van der Waals surface area (Å²) in [6.45, 7) is 0. The summed E-state index contributed by atoms with van der Waals surface area (Å²) in [5.41, 5.74) is 0.914. The van der Waals surface area contributed by atoms with E-state index >= 15 is 0 Å². The van der Waals surface area contributed by atoms with Crippen molar-refractivity contribution in [2.45, 2.75) is 0 Å². The Kier molecular flexibility index (Phi) is 4.04. The predicted octanol–water partition coefficient (Wildman–Crippen LogP) is 2.42. The van der Waals surface area contributed by atoms with Crippen LogP contribution in [0.4, 0.5) is 11.4 Å². The number of benzene rings is 2. The van der Waals surface area contributed by atoms with Gasteiger partial charge < -0.3 is 5.32 Å². The van der Waals surface area contributed by atoms with Gasteiger partial charge in [-0.3, -0.25) is 25.0 Å². The third-order valence-corrected chi connectivity index (χ3v) is 3.43. The maximum atomic E-state index is 12.0. The van der Waals surface area contributed by atoms with Gasteiger partial charge in [-0.2, -0.15) is 0 Å². The van der Waals surface area contributed by atoms with E-state index in [1.165, 1.54) is 48.5 Å². The van der Waals surface area contributed by atoms with Crippen LogP contribution < -0.4 is 5.32 Å². The summed E-state index contributed by atoms with van der Waals surface area (Å²) >= 11 is 0. The summed E-state index contributed by atoms with van der Waals surface area (Å²) in [5, 5.41) is 24.0. The van der Waals surface area contributed by atoms with Crippen LogP contribution in [0.1, 0.15) is 11.1 Å². The molecule has 0 saturated heterocycles. The maximum Gasteiger partial charge on any atom is 0.275 e. The van der Waals surface area contributed by atoms with Gasteiger partial charge in [0.05, 0.1) is 9.85 Å². The van der Waals surface area contributed by atoms with Gasteiger partial charge in [-0.25, -0.2) is 4.99 Å². The number of aliphatic imine (C=N–C) groups is 1. The van der Waals surface area contributed by atoms with Crippen LogP contribution in [0.3, 0.4) is 0 Å². The third kappa shape index (κ3) is 3.39. The molecule has 2 aromatic carbocycles. The fourth-order valence-corrected chi connectivity index (χ4v) is 2.23. The summed E-state index contributed by atoms with van der Waals surface area (Å²) in [5.74, 6) is -0.198. The number of non-ortho nitro benzene ring substituents is 2. The highest BCUT2D eigenvalue weighted by Crippen LogP contribution is 2.19. The highest BCUT2D eigenvalue weighted by molar-refractivity contribution is 6.19. The molecule has 2 aromatic rings. The Bertz CT molecular complexity index is 947. The third-order valence-electron chi connectivity index (χ3n) is 3.43. The first kappa shape index (κ1) is 16.0. The van der Waals surface area contributed by atoms with Crippen molar-refractivity contribution in [1.82, 2.24) is 5.32 Å². The predicted molar refractivity (Wildman–Crippen MR) is 88.8 cm³/mol. The van der Waals surface area contributed by atoms with E-state index in [0.29, 0.717) is 11.1 Å². The number of rotatable bonds is 4. The lowest BCUT2D eigenvalue weighted by Gasteiger charge is -1.99. The first-order valence-corrected chi connectivity index (χ1v) is 7.05. The first-order valence-electron chi connectivity index (χ1n) is 7.05. The molecule has 9 heteroatoms. The summed E-state index contributed by atoms with van der Waals surface area (Å²) in [6.07, 6.45) is 1.43. The maximum absolute atomic E-state index is 12.0. The number of carbonyl (C=O) groups is 1. The lowest BCUT2D eigenvalue weighted by molar-refractivity contribution is -0.385. The standard InChI is InChI=1S/C16H10N4O5/c21-16-14(9-10-2-1-3-13(8-10)20(24)25)17-15(18-16)11-4-6-12(7-5-11)19(22)23/h1-9H,(H,17,18,21)/b14-9+. The fourth-order valence-electron chi connectivity index (χ4n) is 2.23. The van der Waals surface area contributed by atoms with Gasteiger partial charge in [0, 0.05) is 29.8 Å². The quantitative estimate of drug-likeness (QED) is 0.520. The van der Waals surface area contributed by atoms with E-state index in [4.69, 9.17) is 0 Å². The molecule has 124 valence electrons. The average Bonchev–Trinajstić information content (AvgIpc) is 2.96. The van der Waals surface area contributed by atoms with Gasteiger partial charge in [-0.1, -0.05) is 12.1 Å². The van der Waals surface area contributed by atoms with Crippen molar-refractivity contribution >= 4 is 29.2 Å². The van der Waals surface area contributed by atoms with Crippen molar-refractivity contribution in [3.05, 3.63) is 85.6 Å². The minimum absolute atomic E-state index is 0.0685. The van der Waals surface area contributed by atoms with Gasteiger partial charge in [0.15, 0.2) is 0 Å². The van der Waals surface area contributed by atoms with Crippen LogP contribution in [-0.2, 0) is 4.79 Å². The van der Waals surface area contributed by atoms with Crippen molar-refractivity contribution in [1.29, 1.82) is 0 Å². The second-order valence-corrected chi connectivity index (χ2v) is 5.10. The van der Waals surface area contributed by atoms with E-state index in [9.17, 15) is 25.0 Å². The molecule has 0 saturated carbocycles. The Hall–Kier alpha value is -3.88. The van der Waals surface area contributed by atoms with E-state index in [-0.39, 0.29) is 22.9 Å². The topological polar surface area (TPSA) is 128 Å². The van der Waals surface area contributed by atoms with Crippen molar-refractivity contribution in [2.75, 3.05) is 0 Å². The largest absolute Gasteiger partial charge is 0.305 e. The zero-order valence-corrected chi connectivity index (χ0v) is 12.6. The Morgan fingerprint density at radius 1 is 0.960 bits per heavy atom. The van der Waals surface area contributed by atoms with E-state index in [1.807, 2.05) is 0 Å². The summed E-state index contributed by atoms with van der Waals surface area (Å²) < 4.78 is 0. The molecule has 1 aliphatic heterocycles. The molecule has 9 nitrogen and oxygen atoms in total. The summed E-state index contributed by atoms with van der Waals surface area (Å²) in [7, 11) is 0. The van der Waals surface area contributed by atoms with Gasteiger partial charge in [-0.15, -0.1) is 0 Å². The number of amidine groups is 1. The minimum Gasteiger partial charge on any atom is -0.305 e. The minimum atomic E-state index is -0.525. The molecule has 0 spiro atoms. The number of amides is 1. The molecule has 1 N–H and O–H groups in total. The smallest absolute Gasteiger partial charge is 0.275 e. The fraction of sp³-hybridized carbons (Fsp3) is 0. The van der Waals surface area contributed by atoms with Crippen LogP contribution in [-0.4, -0.2) is 21.6 Å². The van der Waals surface area contributed by atoms with Crippen LogP contribution in [0.5, 0.6) is 0 Å². The molecule has 3 rings (SSSR count). The van der Waals surface area contributed by atoms with E-state index in [1.54, 1.807) is 6.07 Å². The molecule has 0 atom stereocenters. The molecular formula is C16H10N4O5. The number of hydrogen-bond donors (Lipinski definition) is 1. The van der Waals surface area contributed by atoms with Gasteiger partial charge in [-0.05, 0) is 23.8 Å². The number of nitrogens with zero attached hydrogens (tertiary/aromatic N) is 3. The number of hydrogen-bond acceptors (Lipinski definition) is 6. The zero-order valence-electron chi connectivity index (χ0n) is 12.6. The molecule has 0 fully saturated rings. The van der Waals surface area contributed by atoms with Gasteiger partial charge in [0.1, 0.15) is 11.5 Å². The van der Waals surface area contributed by atoms with Gasteiger partial charge >= 0.3 is 0 Å². The first-order chi connectivity index (χ1) is 11.9. The zero-order chi connectivity index (χ0) is 18.0. The molecule has 25 heavy (non-hydrogen) atoms. The van der Waals surface area contributed by atoms with Crippen LogP contribution >= 0.6 is 0 Å². The Morgan fingerprint density at radius 3 is 2.28 bits per heavy atom. The van der Waals surface area contributed by atoms with Crippen molar-refractivity contribution < 1.29 is 14.6 Å². The molecule has 0 unspecified atom stereocenters. The van der Waals surface area contributed by atoms with E-state index in [0.717, 1.165) is 0 Å². The highest BCUT2D eigenvalue weighted by atomic mass is 16.6. The number of nitro benzene ring substituents is 2. The van der Waals surface area contributed by atoms with E-state index < -0.39 is 15.8 Å². The number of carbonyl (C=O) groups excluding carboxylic acids is 1. The monoisotopic (exact) mass is 338 g/mol. The molecular weight excluding hydrogens is 328 g/mol. The molecule has 0 aliphatic carbocycles. The second-order valence-electron chi connectivity index (χ2n) is 5.10. The van der Waals surface area contributed by atoms with Crippen LogP contribution in [0, 0.1) is 20.2 Å². The average molecular weight is 338 g/mol. The summed E-state index contributed by atoms with van der Waals surface area (Å²) in [4.78, 5) is 36.6. The second kappa shape index (κ2) is 6.32. The van der Waals surface area contributed by atoms with Crippen molar-refractivity contribution in [3.63, 3.8) is 0 Å². The van der Waals surface area contributed by atoms with E-state index in [2.05, 4.69) is 10.3 Å². The normalized spacial score (nSPS) is 15.0. The van der Waals surface area contributed by atoms with Gasteiger partial charge in [0.25, 0.3) is 17.3 Å².